The summed E-state index contributed by atoms with van der Waals surface area (Å²) < 4.78 is 0. The van der Waals surface area contributed by atoms with Gasteiger partial charge in [-0.1, -0.05) is 103 Å². The normalized spacial score (nSPS) is 22.3. The molecule has 0 fully saturated rings. The predicted octanol–water partition coefficient (Wildman–Crippen LogP) is 3.47. The molecule has 0 aliphatic carbocycles. The Morgan fingerprint density at radius 1 is 0.559 bits per heavy atom. The van der Waals surface area contributed by atoms with Gasteiger partial charge in [-0.2, -0.15) is 0 Å². The zero-order valence-electron chi connectivity index (χ0n) is 31.8. The van der Waals surface area contributed by atoms with Crippen molar-refractivity contribution in [2.24, 2.45) is 5.92 Å². The van der Waals surface area contributed by atoms with Gasteiger partial charge in [0.2, 0.25) is 11.8 Å². The van der Waals surface area contributed by atoms with Gasteiger partial charge >= 0.3 is 5.97 Å². The highest BCUT2D eigenvalue weighted by Crippen LogP contribution is 2.22. The van der Waals surface area contributed by atoms with Crippen molar-refractivity contribution in [2.45, 2.75) is 62.4 Å². The molecule has 2 aliphatic heterocycles. The van der Waals surface area contributed by atoms with Crippen LogP contribution in [0.4, 0.5) is 5.69 Å². The molecule has 4 amide bonds. The van der Waals surface area contributed by atoms with E-state index in [4.69, 9.17) is 0 Å². The number of carboxylic acid groups (broad SMARTS) is 1. The van der Waals surface area contributed by atoms with Crippen LogP contribution in [0.1, 0.15) is 28.0 Å². The van der Waals surface area contributed by atoms with Gasteiger partial charge in [0.15, 0.2) is 18.0 Å². The van der Waals surface area contributed by atoms with Gasteiger partial charge in [-0.05, 0) is 64.2 Å². The Hall–Kier alpha value is -6.48. The van der Waals surface area contributed by atoms with E-state index in [1.807, 2.05) is 54.6 Å². The smallest absolute Gasteiger partial charge is 0.307 e. The molecular weight excluding hydrogens is 773 g/mol. The maximum atomic E-state index is 14.4. The van der Waals surface area contributed by atoms with Gasteiger partial charge in [0, 0.05) is 29.8 Å². The second-order valence-electron chi connectivity index (χ2n) is 14.4. The van der Waals surface area contributed by atoms with Crippen LogP contribution < -0.4 is 21.3 Å². The molecule has 59 heavy (non-hydrogen) atoms. The van der Waals surface area contributed by atoms with Crippen LogP contribution in [0.3, 0.4) is 0 Å². The summed E-state index contributed by atoms with van der Waals surface area (Å²) in [6.07, 6.45) is -5.10. The quantitative estimate of drug-likeness (QED) is 0.114. The van der Waals surface area contributed by atoms with Crippen LogP contribution in [0, 0.1) is 5.92 Å². The molecule has 0 radical (unpaired) electrons. The Bertz CT molecular complexity index is 2230. The number of thiophene rings is 1. The molecule has 13 nitrogen and oxygen atoms in total. The lowest BCUT2D eigenvalue weighted by atomic mass is 9.90. The number of aliphatic hydroxyl groups excluding tert-OH is 2. The minimum absolute atomic E-state index is 0.0376. The van der Waals surface area contributed by atoms with Crippen molar-refractivity contribution in [1.29, 1.82) is 0 Å². The second kappa shape index (κ2) is 19.8. The monoisotopic (exact) mass is 816 g/mol. The Morgan fingerprint density at radius 2 is 1.10 bits per heavy atom. The van der Waals surface area contributed by atoms with Crippen molar-refractivity contribution >= 4 is 52.4 Å². The third-order valence-electron chi connectivity index (χ3n) is 10.1. The molecule has 3 heterocycles. The van der Waals surface area contributed by atoms with E-state index in [1.165, 1.54) is 23.5 Å². The summed E-state index contributed by atoms with van der Waals surface area (Å²) in [5.41, 5.74) is 3.95. The highest BCUT2D eigenvalue weighted by atomic mass is 32.1. The average Bonchev–Trinajstić information content (AvgIpc) is 3.76. The molecule has 2 aliphatic rings. The summed E-state index contributed by atoms with van der Waals surface area (Å²) in [6.45, 7) is 0. The van der Waals surface area contributed by atoms with Gasteiger partial charge < -0.3 is 36.6 Å². The van der Waals surface area contributed by atoms with Gasteiger partial charge in [-0.3, -0.25) is 28.8 Å². The number of carbonyl (C=O) groups excluding carboxylic acids is 5. The van der Waals surface area contributed by atoms with Gasteiger partial charge in [-0.25, -0.2) is 0 Å². The molecule has 0 unspecified atom stereocenters. The third kappa shape index (κ3) is 11.6. The summed E-state index contributed by atoms with van der Waals surface area (Å²) >= 11 is 1.30. The van der Waals surface area contributed by atoms with Gasteiger partial charge in [0.05, 0.1) is 12.0 Å². The summed E-state index contributed by atoms with van der Waals surface area (Å²) in [6, 6.07) is 31.5. The molecule has 6 atom stereocenters. The number of hydrogen-bond acceptors (Lipinski definition) is 9. The van der Waals surface area contributed by atoms with Crippen molar-refractivity contribution < 1.29 is 44.1 Å². The van der Waals surface area contributed by atoms with Crippen molar-refractivity contribution in [1.82, 2.24) is 16.0 Å². The number of hydrogen-bond donors (Lipinski definition) is 7. The van der Waals surface area contributed by atoms with Gasteiger partial charge in [0.1, 0.15) is 12.1 Å². The number of benzene rings is 4. The van der Waals surface area contributed by atoms with Gasteiger partial charge in [0.25, 0.3) is 11.8 Å². The zero-order valence-corrected chi connectivity index (χ0v) is 32.6. The average molecular weight is 817 g/mol. The summed E-state index contributed by atoms with van der Waals surface area (Å²) in [7, 11) is 0. The lowest BCUT2D eigenvalue weighted by Gasteiger charge is -2.26. The van der Waals surface area contributed by atoms with Crippen LogP contribution in [0.5, 0.6) is 0 Å². The molecule has 0 saturated carbocycles. The molecule has 0 spiro atoms. The molecule has 14 heteroatoms. The molecular formula is C45H44N4O9S. The van der Waals surface area contributed by atoms with Crippen LogP contribution in [0.2, 0.25) is 0 Å². The number of amides is 4. The molecule has 0 saturated heterocycles. The fraction of sp³-hybridized carbons (Fsp3) is 0.244. The number of carbonyl (C=O) groups is 6. The number of anilines is 1. The topological polar surface area (TPSA) is 211 Å². The number of carboxylic acids is 1. The summed E-state index contributed by atoms with van der Waals surface area (Å²) in [5.74, 6) is -6.82. The predicted molar refractivity (Wildman–Crippen MR) is 221 cm³/mol. The Kier molecular flexibility index (Phi) is 14.1. The lowest BCUT2D eigenvalue weighted by molar-refractivity contribution is -0.145. The van der Waals surface area contributed by atoms with Crippen LogP contribution in [-0.2, 0) is 54.5 Å². The molecule has 7 rings (SSSR count). The number of ketones is 1. The first-order chi connectivity index (χ1) is 28.4. The van der Waals surface area contributed by atoms with E-state index in [-0.39, 0.29) is 31.4 Å². The summed E-state index contributed by atoms with van der Waals surface area (Å²) in [5, 5.41) is 43.9. The van der Waals surface area contributed by atoms with E-state index in [1.54, 1.807) is 60.0 Å². The highest BCUT2D eigenvalue weighted by molar-refractivity contribution is 7.09. The Balaban J connectivity index is 1.37. The molecule has 4 aromatic carbocycles. The van der Waals surface area contributed by atoms with E-state index in [0.717, 1.165) is 11.1 Å². The van der Waals surface area contributed by atoms with Crippen LogP contribution >= 0.6 is 11.3 Å². The highest BCUT2D eigenvalue weighted by Gasteiger charge is 2.36. The van der Waals surface area contributed by atoms with Crippen LogP contribution in [-0.4, -0.2) is 81.0 Å². The molecule has 304 valence electrons. The Morgan fingerprint density at radius 3 is 1.73 bits per heavy atom. The zero-order chi connectivity index (χ0) is 41.9. The lowest BCUT2D eigenvalue weighted by Crippen LogP contribution is -2.58. The number of aliphatic hydroxyl groups is 2. The SMILES string of the molecule is O=C(O)[C@H]1CC(=O)[C@@H](Cc2ccccc2)NC(=O)[C@H](Cc2ccc(-c3ccccc3)cc2)NC(=O)[C@@H](Cc2cccs2)NC(=O)[C@H](O)[C@@H](O)C(=O)Nc2ccc(cc2)C1. The second-order valence-corrected chi connectivity index (χ2v) is 15.4. The minimum atomic E-state index is -2.29. The third-order valence-corrected chi connectivity index (χ3v) is 11.0. The molecule has 2 bridgehead atoms. The maximum absolute atomic E-state index is 14.4. The van der Waals surface area contributed by atoms with E-state index in [9.17, 15) is 44.1 Å². The van der Waals surface area contributed by atoms with E-state index in [2.05, 4.69) is 21.3 Å². The number of rotatable bonds is 8. The number of nitrogens with one attached hydrogen (secondary N) is 4. The molecule has 7 N–H and O–H groups in total. The first kappa shape index (κ1) is 42.1. The van der Waals surface area contributed by atoms with E-state index in [0.29, 0.717) is 21.6 Å². The van der Waals surface area contributed by atoms with Crippen molar-refractivity contribution in [3.63, 3.8) is 0 Å². The minimum Gasteiger partial charge on any atom is -0.481 e. The van der Waals surface area contributed by atoms with E-state index >= 15 is 0 Å². The Labute approximate surface area is 344 Å². The molecule has 5 aromatic rings. The van der Waals surface area contributed by atoms with Gasteiger partial charge in [-0.15, -0.1) is 11.3 Å². The number of fused-ring (bicyclic) bond motifs is 18. The number of aliphatic carboxylic acids is 1. The molecule has 1 aromatic heterocycles. The standard InChI is InChI=1S/C45H44N4O9S/c50-38-25-32(45(57)58)22-28-15-19-33(20-16-28)46-43(55)39(51)40(52)44(56)49-37(26-34-12-7-21-59-34)42(54)48-36(41(53)47-35(38)23-27-8-3-1-4-9-27)24-29-13-17-31(18-14-29)30-10-5-2-6-11-30/h1-21,32,35-37,39-40,51-52H,22-26H2,(H,46,55)(H,47,53)(H,48,54)(H,49,56)(H,57,58)/t32-,35-,36+,37-,39-,40-/m1/s1. The summed E-state index contributed by atoms with van der Waals surface area (Å²) in [4.78, 5) is 82.2. The number of Topliss-reactive ketones (excluding diaryl/α,β-unsaturated/α-hetero) is 1. The van der Waals surface area contributed by atoms with Crippen molar-refractivity contribution in [3.8, 4) is 11.1 Å². The van der Waals surface area contributed by atoms with E-state index < -0.39 is 78.1 Å². The maximum Gasteiger partial charge on any atom is 0.307 e. The largest absolute Gasteiger partial charge is 0.481 e. The van der Waals surface area contributed by atoms with Crippen molar-refractivity contribution in [3.05, 3.63) is 148 Å². The first-order valence-corrected chi connectivity index (χ1v) is 19.9. The first-order valence-electron chi connectivity index (χ1n) is 19.1. The fourth-order valence-corrected chi connectivity index (χ4v) is 7.54. The fourth-order valence-electron chi connectivity index (χ4n) is 6.79. The van der Waals surface area contributed by atoms with Crippen LogP contribution in [0.15, 0.2) is 127 Å². The van der Waals surface area contributed by atoms with Crippen molar-refractivity contribution in [2.75, 3.05) is 5.32 Å². The van der Waals surface area contributed by atoms with Crippen LogP contribution in [0.25, 0.3) is 11.1 Å².